The second kappa shape index (κ2) is 6.00. The van der Waals surface area contributed by atoms with Gasteiger partial charge in [0.05, 0.1) is 6.61 Å². The number of amides is 1. The van der Waals surface area contributed by atoms with Gasteiger partial charge in [-0.15, -0.1) is 0 Å². The van der Waals surface area contributed by atoms with Gasteiger partial charge < -0.3 is 10.1 Å². The first-order valence-electron chi connectivity index (χ1n) is 4.36. The van der Waals surface area contributed by atoms with E-state index in [1.807, 2.05) is 6.92 Å². The molecule has 0 radical (unpaired) electrons. The molecule has 1 unspecified atom stereocenters. The summed E-state index contributed by atoms with van der Waals surface area (Å²) in [6.07, 6.45) is 0.452. The minimum atomic E-state index is 0.0676. The van der Waals surface area contributed by atoms with Crippen molar-refractivity contribution in [3.63, 3.8) is 0 Å². The Morgan fingerprint density at radius 3 is 2.42 bits per heavy atom. The van der Waals surface area contributed by atoms with Gasteiger partial charge in [-0.3, -0.25) is 4.79 Å². The largest absolute Gasteiger partial charge is 0.384 e. The molecular formula is C9H19NO2. The maximum Gasteiger partial charge on any atom is 0.222 e. The maximum atomic E-state index is 11.1. The lowest BCUT2D eigenvalue weighted by atomic mass is 10.1. The Morgan fingerprint density at radius 2 is 2.00 bits per heavy atom. The number of ether oxygens (including phenoxy) is 1. The summed E-state index contributed by atoms with van der Waals surface area (Å²) >= 11 is 0. The summed E-state index contributed by atoms with van der Waals surface area (Å²) < 4.78 is 4.79. The molecule has 0 aromatic rings. The number of carbonyl (C=O) groups is 1. The van der Waals surface area contributed by atoms with Gasteiger partial charge in [0.15, 0.2) is 0 Å². The van der Waals surface area contributed by atoms with E-state index in [0.29, 0.717) is 18.9 Å². The fraction of sp³-hybridized carbons (Fsp3) is 0.889. The molecule has 12 heavy (non-hydrogen) atoms. The van der Waals surface area contributed by atoms with Crippen molar-refractivity contribution in [3.05, 3.63) is 0 Å². The van der Waals surface area contributed by atoms with Crippen molar-refractivity contribution in [1.82, 2.24) is 5.32 Å². The third-order valence-corrected chi connectivity index (χ3v) is 1.92. The van der Waals surface area contributed by atoms with Crippen molar-refractivity contribution in [2.45, 2.75) is 33.2 Å². The predicted molar refractivity (Wildman–Crippen MR) is 48.9 cm³/mol. The highest BCUT2D eigenvalue weighted by atomic mass is 16.5. The van der Waals surface area contributed by atoms with Gasteiger partial charge in [-0.1, -0.05) is 13.8 Å². The van der Waals surface area contributed by atoms with Gasteiger partial charge in [-0.05, 0) is 12.8 Å². The van der Waals surface area contributed by atoms with Gasteiger partial charge in [-0.2, -0.15) is 0 Å². The first-order chi connectivity index (χ1) is 5.57. The molecule has 1 amide bonds. The zero-order chi connectivity index (χ0) is 9.56. The molecule has 1 atom stereocenters. The van der Waals surface area contributed by atoms with Crippen LogP contribution in [0.25, 0.3) is 0 Å². The van der Waals surface area contributed by atoms with E-state index in [2.05, 4.69) is 19.2 Å². The van der Waals surface area contributed by atoms with Crippen LogP contribution < -0.4 is 5.32 Å². The summed E-state index contributed by atoms with van der Waals surface area (Å²) in [6.45, 7) is 6.68. The van der Waals surface area contributed by atoms with Crippen LogP contribution in [0, 0.1) is 5.92 Å². The molecule has 72 valence electrons. The third-order valence-electron chi connectivity index (χ3n) is 1.92. The Labute approximate surface area is 74.5 Å². The van der Waals surface area contributed by atoms with Crippen molar-refractivity contribution < 1.29 is 9.53 Å². The molecule has 0 saturated carbocycles. The average Bonchev–Trinajstić information content (AvgIpc) is 2.00. The average molecular weight is 173 g/mol. The molecule has 0 aliphatic carbocycles. The zero-order valence-corrected chi connectivity index (χ0v) is 8.39. The molecule has 3 heteroatoms. The summed E-state index contributed by atoms with van der Waals surface area (Å²) in [5.41, 5.74) is 0. The molecule has 0 fully saturated rings. The van der Waals surface area contributed by atoms with E-state index >= 15 is 0 Å². The van der Waals surface area contributed by atoms with Crippen molar-refractivity contribution in [1.29, 1.82) is 0 Å². The molecule has 0 rings (SSSR count). The molecule has 0 saturated heterocycles. The Hall–Kier alpha value is -0.570. The number of hydrogen-bond donors (Lipinski definition) is 1. The van der Waals surface area contributed by atoms with Crippen LogP contribution in [0.5, 0.6) is 0 Å². The fourth-order valence-corrected chi connectivity index (χ4v) is 0.688. The highest BCUT2D eigenvalue weighted by molar-refractivity contribution is 5.76. The second-order valence-corrected chi connectivity index (χ2v) is 3.34. The van der Waals surface area contributed by atoms with E-state index in [9.17, 15) is 4.79 Å². The molecule has 0 spiro atoms. The van der Waals surface area contributed by atoms with Crippen molar-refractivity contribution in [2.75, 3.05) is 13.7 Å². The number of nitrogens with one attached hydrogen (secondary N) is 1. The highest BCUT2D eigenvalue weighted by Crippen LogP contribution is 1.99. The van der Waals surface area contributed by atoms with Crippen molar-refractivity contribution in [3.8, 4) is 0 Å². The lowest BCUT2D eigenvalue weighted by Crippen LogP contribution is -2.36. The van der Waals surface area contributed by atoms with Gasteiger partial charge in [-0.25, -0.2) is 0 Å². The standard InChI is InChI=1S/C9H19NO2/c1-7(2)8(3)10-9(11)5-6-12-4/h7-8H,5-6H2,1-4H3,(H,10,11). The topological polar surface area (TPSA) is 38.3 Å². The van der Waals surface area contributed by atoms with Crippen LogP contribution in [0.4, 0.5) is 0 Å². The van der Waals surface area contributed by atoms with E-state index in [1.165, 1.54) is 0 Å². The zero-order valence-electron chi connectivity index (χ0n) is 8.39. The number of hydrogen-bond acceptors (Lipinski definition) is 2. The van der Waals surface area contributed by atoms with E-state index in [0.717, 1.165) is 0 Å². The maximum absolute atomic E-state index is 11.1. The number of carbonyl (C=O) groups excluding carboxylic acids is 1. The first-order valence-corrected chi connectivity index (χ1v) is 4.36. The smallest absolute Gasteiger partial charge is 0.222 e. The van der Waals surface area contributed by atoms with Crippen LogP contribution in [-0.4, -0.2) is 25.7 Å². The molecule has 3 nitrogen and oxygen atoms in total. The summed E-state index contributed by atoms with van der Waals surface area (Å²) in [6, 6.07) is 0.245. The minimum absolute atomic E-state index is 0.0676. The number of methoxy groups -OCH3 is 1. The van der Waals surface area contributed by atoms with E-state index < -0.39 is 0 Å². The van der Waals surface area contributed by atoms with Crippen LogP contribution in [0.15, 0.2) is 0 Å². The lowest BCUT2D eigenvalue weighted by Gasteiger charge is -2.17. The Bertz CT molecular complexity index is 134. The van der Waals surface area contributed by atoms with E-state index in [-0.39, 0.29) is 11.9 Å². The summed E-state index contributed by atoms with van der Waals surface area (Å²) in [7, 11) is 1.60. The first kappa shape index (κ1) is 11.4. The Morgan fingerprint density at radius 1 is 1.42 bits per heavy atom. The Kier molecular flexibility index (Phi) is 5.72. The van der Waals surface area contributed by atoms with Crippen molar-refractivity contribution in [2.24, 2.45) is 5.92 Å². The predicted octanol–water partition coefficient (Wildman–Crippen LogP) is 1.18. The molecule has 0 heterocycles. The molecule has 0 aliphatic heterocycles. The molecule has 0 aromatic carbocycles. The van der Waals surface area contributed by atoms with Gasteiger partial charge >= 0.3 is 0 Å². The van der Waals surface area contributed by atoms with Crippen LogP contribution in [0.3, 0.4) is 0 Å². The van der Waals surface area contributed by atoms with Crippen LogP contribution in [0.2, 0.25) is 0 Å². The molecule has 0 aromatic heterocycles. The SMILES string of the molecule is COCCC(=O)NC(C)C(C)C. The quantitative estimate of drug-likeness (QED) is 0.678. The Balaban J connectivity index is 3.54. The molecule has 1 N–H and O–H groups in total. The highest BCUT2D eigenvalue weighted by Gasteiger charge is 2.09. The van der Waals surface area contributed by atoms with E-state index in [1.54, 1.807) is 7.11 Å². The summed E-state index contributed by atoms with van der Waals surface area (Å²) in [5, 5.41) is 2.90. The molecule has 0 bridgehead atoms. The third kappa shape index (κ3) is 5.13. The fourth-order valence-electron chi connectivity index (χ4n) is 0.688. The van der Waals surface area contributed by atoms with Gasteiger partial charge in [0.1, 0.15) is 0 Å². The monoisotopic (exact) mass is 173 g/mol. The van der Waals surface area contributed by atoms with Crippen LogP contribution in [0.1, 0.15) is 27.2 Å². The van der Waals surface area contributed by atoms with Gasteiger partial charge in [0.2, 0.25) is 5.91 Å². The molecule has 0 aliphatic rings. The number of rotatable bonds is 5. The minimum Gasteiger partial charge on any atom is -0.384 e. The summed E-state index contributed by atoms with van der Waals surface area (Å²) in [5.74, 6) is 0.551. The van der Waals surface area contributed by atoms with E-state index in [4.69, 9.17) is 4.74 Å². The van der Waals surface area contributed by atoms with Crippen LogP contribution >= 0.6 is 0 Å². The molecular weight excluding hydrogens is 154 g/mol. The second-order valence-electron chi connectivity index (χ2n) is 3.34. The lowest BCUT2D eigenvalue weighted by molar-refractivity contribution is -0.122. The van der Waals surface area contributed by atoms with Crippen molar-refractivity contribution >= 4 is 5.91 Å². The van der Waals surface area contributed by atoms with Gasteiger partial charge in [0.25, 0.3) is 0 Å². The van der Waals surface area contributed by atoms with Crippen LogP contribution in [-0.2, 0) is 9.53 Å². The van der Waals surface area contributed by atoms with Gasteiger partial charge in [0, 0.05) is 19.6 Å². The normalized spacial score (nSPS) is 13.1. The summed E-state index contributed by atoms with van der Waals surface area (Å²) in [4.78, 5) is 11.1.